The van der Waals surface area contributed by atoms with Crippen molar-refractivity contribution < 1.29 is 19.3 Å². The zero-order valence-corrected chi connectivity index (χ0v) is 32.0. The minimum atomic E-state index is -0.476. The van der Waals surface area contributed by atoms with E-state index in [1.807, 2.05) is 26.0 Å². The molecule has 5 aromatic carbocycles. The lowest BCUT2D eigenvalue weighted by Crippen LogP contribution is -2.29. The first-order valence-corrected chi connectivity index (χ1v) is 19.4. The molecule has 3 heterocycles. The molecule has 0 radical (unpaired) electrons. The summed E-state index contributed by atoms with van der Waals surface area (Å²) in [5.41, 5.74) is 4.81. The molecule has 3 amide bonds. The van der Waals surface area contributed by atoms with Gasteiger partial charge in [0.2, 0.25) is 0 Å². The third-order valence-electron chi connectivity index (χ3n) is 8.68. The number of imide groups is 1. The predicted octanol–water partition coefficient (Wildman–Crippen LogP) is 10.9. The molecule has 0 atom stereocenters. The zero-order valence-electron chi connectivity index (χ0n) is 28.1. The summed E-state index contributed by atoms with van der Waals surface area (Å²) in [5.74, 6) is -1.16. The maximum atomic E-state index is 13.9. The van der Waals surface area contributed by atoms with Gasteiger partial charge in [0.05, 0.1) is 53.1 Å². The van der Waals surface area contributed by atoms with Crippen LogP contribution in [-0.2, 0) is 4.79 Å². The number of carbonyl (C=O) groups is 3. The average Bonchev–Trinajstić information content (AvgIpc) is 3.77. The number of anilines is 2. The standard InChI is InChI=1S/C39H23Cl2N5O5S3/c1-20-7-10-23(17-28(20)40)42-38-45(24-11-8-21(2)29(41)18-24)37(49)34(52-38)16-22-9-14-32(31(15-22)46(50)51)53-39-43-30-13-12-25(19-33(30)54-39)44-35(47)26-5-3-4-6-27(26)36(44)48/h3-19H,1-2H3/b34-16-,42-38?. The average molecular weight is 809 g/mol. The number of aryl methyl sites for hydroxylation is 2. The second-order valence-electron chi connectivity index (χ2n) is 12.2. The highest BCUT2D eigenvalue weighted by Gasteiger charge is 2.37. The van der Waals surface area contributed by atoms with Gasteiger partial charge in [-0.15, -0.1) is 11.3 Å². The van der Waals surface area contributed by atoms with Crippen molar-refractivity contribution in [1.82, 2.24) is 4.98 Å². The van der Waals surface area contributed by atoms with Crippen molar-refractivity contribution in [2.24, 2.45) is 4.99 Å². The molecule has 10 nitrogen and oxygen atoms in total. The Balaban J connectivity index is 1.09. The van der Waals surface area contributed by atoms with E-state index in [0.717, 1.165) is 39.6 Å². The monoisotopic (exact) mass is 807 g/mol. The number of thioether (sulfide) groups is 1. The molecule has 0 N–H and O–H groups in total. The van der Waals surface area contributed by atoms with Crippen LogP contribution in [0.5, 0.6) is 0 Å². The van der Waals surface area contributed by atoms with Crippen molar-refractivity contribution in [3.8, 4) is 0 Å². The fourth-order valence-corrected chi connectivity index (χ4v) is 9.35. The second kappa shape index (κ2) is 14.2. The number of thiazole rings is 1. The van der Waals surface area contributed by atoms with Crippen LogP contribution in [0.1, 0.15) is 37.4 Å². The molecule has 1 fully saturated rings. The van der Waals surface area contributed by atoms with E-state index in [4.69, 9.17) is 28.2 Å². The van der Waals surface area contributed by atoms with Crippen molar-refractivity contribution in [1.29, 1.82) is 0 Å². The quantitative estimate of drug-likeness (QED) is 0.0675. The fourth-order valence-electron chi connectivity index (χ4n) is 5.86. The van der Waals surface area contributed by atoms with Crippen molar-refractivity contribution in [3.05, 3.63) is 150 Å². The Morgan fingerprint density at radius 1 is 0.796 bits per heavy atom. The van der Waals surface area contributed by atoms with Gasteiger partial charge in [0.1, 0.15) is 0 Å². The smallest absolute Gasteiger partial charge is 0.268 e. The number of hydrogen-bond donors (Lipinski definition) is 0. The molecule has 2 aliphatic heterocycles. The van der Waals surface area contributed by atoms with Crippen molar-refractivity contribution >= 4 is 120 Å². The van der Waals surface area contributed by atoms with E-state index >= 15 is 0 Å². The number of nitro groups is 1. The van der Waals surface area contributed by atoms with Crippen LogP contribution in [0.15, 0.2) is 116 Å². The number of nitro benzene ring substituents is 1. The van der Waals surface area contributed by atoms with Crippen LogP contribution >= 0.6 is 58.1 Å². The Kier molecular flexibility index (Phi) is 9.36. The van der Waals surface area contributed by atoms with Crippen LogP contribution in [0.2, 0.25) is 10.0 Å². The molecule has 54 heavy (non-hydrogen) atoms. The fraction of sp³-hybridized carbons (Fsp3) is 0.0513. The largest absolute Gasteiger partial charge is 0.283 e. The van der Waals surface area contributed by atoms with Gasteiger partial charge in [0.15, 0.2) is 9.51 Å². The molecule has 266 valence electrons. The van der Waals surface area contributed by atoms with Crippen LogP contribution in [0.4, 0.5) is 22.7 Å². The number of nitrogens with zero attached hydrogens (tertiary/aromatic N) is 5. The van der Waals surface area contributed by atoms with E-state index in [1.54, 1.807) is 84.9 Å². The number of hydrogen-bond acceptors (Lipinski definition) is 10. The number of aromatic nitrogens is 1. The van der Waals surface area contributed by atoms with E-state index in [9.17, 15) is 24.5 Å². The van der Waals surface area contributed by atoms with Gasteiger partial charge in [0.25, 0.3) is 23.4 Å². The molecule has 1 saturated heterocycles. The summed E-state index contributed by atoms with van der Waals surface area (Å²) in [7, 11) is 0. The number of amides is 3. The highest BCUT2D eigenvalue weighted by atomic mass is 35.5. The van der Waals surface area contributed by atoms with E-state index < -0.39 is 16.7 Å². The molecule has 0 spiro atoms. The van der Waals surface area contributed by atoms with Crippen LogP contribution in [0.3, 0.4) is 0 Å². The number of amidine groups is 1. The van der Waals surface area contributed by atoms with Crippen LogP contribution < -0.4 is 9.80 Å². The number of halogens is 2. The first-order valence-electron chi connectivity index (χ1n) is 16.1. The summed E-state index contributed by atoms with van der Waals surface area (Å²) in [6.07, 6.45) is 1.60. The van der Waals surface area contributed by atoms with Gasteiger partial charge in [-0.1, -0.05) is 65.3 Å². The Bertz CT molecular complexity index is 2660. The second-order valence-corrected chi connectivity index (χ2v) is 16.4. The summed E-state index contributed by atoms with van der Waals surface area (Å²) in [6.45, 7) is 3.75. The predicted molar refractivity (Wildman–Crippen MR) is 217 cm³/mol. The molecule has 0 bridgehead atoms. The molecule has 1 aromatic heterocycles. The van der Waals surface area contributed by atoms with Crippen LogP contribution in [0.25, 0.3) is 16.3 Å². The summed E-state index contributed by atoms with van der Waals surface area (Å²) >= 11 is 16.4. The van der Waals surface area contributed by atoms with Gasteiger partial charge >= 0.3 is 0 Å². The minimum absolute atomic E-state index is 0.166. The molecule has 0 aliphatic carbocycles. The van der Waals surface area contributed by atoms with Crippen LogP contribution in [-0.4, -0.2) is 32.8 Å². The van der Waals surface area contributed by atoms with Crippen molar-refractivity contribution in [2.75, 3.05) is 9.80 Å². The lowest BCUT2D eigenvalue weighted by molar-refractivity contribution is -0.387. The van der Waals surface area contributed by atoms with Crippen LogP contribution in [0, 0.1) is 24.0 Å². The number of aliphatic imine (C=N–C) groups is 1. The van der Waals surface area contributed by atoms with E-state index in [0.29, 0.717) is 73.3 Å². The Hall–Kier alpha value is -5.31. The molecule has 15 heteroatoms. The molecule has 2 aliphatic rings. The summed E-state index contributed by atoms with van der Waals surface area (Å²) in [4.78, 5) is 64.6. The van der Waals surface area contributed by atoms with Crippen molar-refractivity contribution in [3.63, 3.8) is 0 Å². The van der Waals surface area contributed by atoms with E-state index in [2.05, 4.69) is 4.98 Å². The molecule has 0 saturated carbocycles. The molecule has 0 unspecified atom stereocenters. The molecule has 8 rings (SSSR count). The number of carbonyl (C=O) groups excluding carboxylic acids is 3. The lowest BCUT2D eigenvalue weighted by atomic mass is 10.1. The first-order chi connectivity index (χ1) is 25.9. The SMILES string of the molecule is Cc1ccc(N=C2S/C(=C\c3ccc(Sc4nc5ccc(N6C(=O)c7ccccc7C6=O)cc5s4)c([N+](=O)[O-])c3)C(=O)N2c2ccc(C)c(Cl)c2)cc1Cl. The molecule has 6 aromatic rings. The van der Waals surface area contributed by atoms with Gasteiger partial charge in [-0.25, -0.2) is 14.9 Å². The highest BCUT2D eigenvalue weighted by molar-refractivity contribution is 8.19. The normalized spacial score (nSPS) is 15.7. The third-order valence-corrected chi connectivity index (χ3v) is 12.6. The van der Waals surface area contributed by atoms with Gasteiger partial charge in [-0.2, -0.15) is 0 Å². The van der Waals surface area contributed by atoms with Gasteiger partial charge in [0, 0.05) is 16.1 Å². The number of rotatable bonds is 7. The Morgan fingerprint density at radius 3 is 2.15 bits per heavy atom. The first kappa shape index (κ1) is 35.7. The number of fused-ring (bicyclic) bond motifs is 2. The molecular weight excluding hydrogens is 786 g/mol. The maximum absolute atomic E-state index is 13.9. The Morgan fingerprint density at radius 2 is 1.46 bits per heavy atom. The topological polar surface area (TPSA) is 126 Å². The van der Waals surface area contributed by atoms with Crippen molar-refractivity contribution in [2.45, 2.75) is 23.1 Å². The highest BCUT2D eigenvalue weighted by Crippen LogP contribution is 2.43. The third kappa shape index (κ3) is 6.58. The van der Waals surface area contributed by atoms with Gasteiger partial charge < -0.3 is 0 Å². The summed E-state index contributed by atoms with van der Waals surface area (Å²) < 4.78 is 1.24. The van der Waals surface area contributed by atoms with E-state index in [-0.39, 0.29) is 11.6 Å². The van der Waals surface area contributed by atoms with Gasteiger partial charge in [-0.05, 0) is 109 Å². The van der Waals surface area contributed by atoms with Gasteiger partial charge in [-0.3, -0.25) is 29.4 Å². The lowest BCUT2D eigenvalue weighted by Gasteiger charge is -2.16. The maximum Gasteiger partial charge on any atom is 0.283 e. The Labute approximate surface area is 330 Å². The summed E-state index contributed by atoms with van der Waals surface area (Å²) in [6, 6.07) is 27.2. The summed E-state index contributed by atoms with van der Waals surface area (Å²) in [5, 5.41) is 13.7. The number of benzene rings is 5. The zero-order chi connectivity index (χ0) is 37.8. The van der Waals surface area contributed by atoms with E-state index in [1.165, 1.54) is 22.3 Å². The molecular formula is C39H23Cl2N5O5S3. The minimum Gasteiger partial charge on any atom is -0.268 e.